The van der Waals surface area contributed by atoms with Crippen molar-refractivity contribution >= 4 is 64.4 Å². The fourth-order valence-corrected chi connectivity index (χ4v) is 9.24. The number of pyridine rings is 6. The summed E-state index contributed by atoms with van der Waals surface area (Å²) in [5, 5.41) is 34.4. The number of aliphatic imine (C=N–C) groups is 2. The Balaban J connectivity index is 0.000000146. The molecule has 2 aromatic carbocycles. The Bertz CT molecular complexity index is 3530. The molecule has 0 bridgehead atoms. The van der Waals surface area contributed by atoms with Crippen LogP contribution in [0.1, 0.15) is 35.1 Å². The first-order valence-corrected chi connectivity index (χ1v) is 24.7. The summed E-state index contributed by atoms with van der Waals surface area (Å²) < 4.78 is 77.9. The van der Waals surface area contributed by atoms with Gasteiger partial charge in [0.15, 0.2) is 11.5 Å². The molecule has 0 radical (unpaired) electrons. The van der Waals surface area contributed by atoms with Gasteiger partial charge in [0, 0.05) is 87.0 Å². The highest BCUT2D eigenvalue weighted by atomic mass is 79.9. The summed E-state index contributed by atoms with van der Waals surface area (Å²) in [6, 6.07) is 26.0. The maximum Gasteiger partial charge on any atom is 0.493 e. The third kappa shape index (κ3) is 12.0. The molecule has 0 saturated carbocycles. The molecule has 18 nitrogen and oxygen atoms in total. The number of ether oxygens (including phenoxy) is 4. The molecule has 78 heavy (non-hydrogen) atoms. The highest BCUT2D eigenvalue weighted by Crippen LogP contribution is 2.53. The van der Waals surface area contributed by atoms with Crippen molar-refractivity contribution in [2.75, 3.05) is 26.4 Å². The molecule has 0 aliphatic carbocycles. The van der Waals surface area contributed by atoms with Gasteiger partial charge in [-0.3, -0.25) is 15.0 Å². The second-order valence-electron chi connectivity index (χ2n) is 17.4. The minimum absolute atomic E-state index is 0.104. The van der Waals surface area contributed by atoms with Crippen LogP contribution in [-0.2, 0) is 20.6 Å². The quantitative estimate of drug-likeness (QED) is 0.0666. The first-order chi connectivity index (χ1) is 37.5. The summed E-state index contributed by atoms with van der Waals surface area (Å²) in [6.07, 6.45) is 9.45. The summed E-state index contributed by atoms with van der Waals surface area (Å²) in [4.78, 5) is 32.2. The van der Waals surface area contributed by atoms with E-state index in [0.29, 0.717) is 106 Å². The van der Waals surface area contributed by atoms with Crippen LogP contribution in [0.2, 0.25) is 5.15 Å². The Hall–Kier alpha value is -7.74. The van der Waals surface area contributed by atoms with Gasteiger partial charge in [-0.05, 0) is 89.9 Å². The van der Waals surface area contributed by atoms with E-state index >= 15 is 0 Å². The van der Waals surface area contributed by atoms with Gasteiger partial charge in [-0.2, -0.15) is 17.6 Å². The predicted molar refractivity (Wildman–Crippen MR) is 284 cm³/mol. The van der Waals surface area contributed by atoms with Gasteiger partial charge in [0.2, 0.25) is 23.8 Å². The molecule has 0 saturated heterocycles. The highest BCUT2D eigenvalue weighted by Gasteiger charge is 2.46. The van der Waals surface area contributed by atoms with E-state index in [1.54, 1.807) is 54.9 Å². The summed E-state index contributed by atoms with van der Waals surface area (Å²) in [5.74, 6) is 0.574. The normalized spacial score (nSPS) is 17.5. The summed E-state index contributed by atoms with van der Waals surface area (Å²) >= 11 is 9.63. The van der Waals surface area contributed by atoms with E-state index < -0.39 is 49.1 Å². The van der Waals surface area contributed by atoms with Gasteiger partial charge >= 0.3 is 14.2 Å². The Kier molecular flexibility index (Phi) is 16.8. The monoisotopic (exact) mass is 1150 g/mol. The molecule has 6 aromatic heterocycles. The van der Waals surface area contributed by atoms with Crippen LogP contribution in [0.25, 0.3) is 22.4 Å². The molecule has 0 amide bonds. The number of rotatable bonds is 4. The fraction of sp³-hybridized carbons (Fsp3) is 0.154. The molecular weight excluding hydrogens is 1110 g/mol. The molecule has 8 aromatic rings. The van der Waals surface area contributed by atoms with Gasteiger partial charge < -0.3 is 50.5 Å². The number of halogens is 6. The standard InChI is InChI=1S/C26H19F2N5O2.C16H13BrClN3O2.2C5H5BFNO2/c27-23-11-16(5-8-30-23)20-12-19-22(13-32-20)35-21-4-3-15(17-2-1-7-31-25(17)28)10-18(21)26(19)14-34-9-6-24(29)33-26;17-9-1-2-12-10(5-9)16(8-22-4-3-15(19)21-16)11-6-14(18)20-7-13(11)23-12;7-5-3-4(6(9)10)1-2-8-5;7-5-4(6(9)10)2-1-3-8-5/h1-5,7-8,10-13H,6,9,14H2,(H2,29,33);1-2,5-7H,3-4,8H2,(H2,19,21);2*1-3,9-10H. The van der Waals surface area contributed by atoms with Crippen molar-refractivity contribution in [3.63, 3.8) is 0 Å². The Labute approximate surface area is 456 Å². The lowest BCUT2D eigenvalue weighted by molar-refractivity contribution is 0.107. The number of benzene rings is 2. The molecule has 2 unspecified atom stereocenters. The van der Waals surface area contributed by atoms with Crippen LogP contribution in [0.15, 0.2) is 149 Å². The first kappa shape index (κ1) is 55.0. The van der Waals surface area contributed by atoms with Crippen LogP contribution in [0.3, 0.4) is 0 Å². The first-order valence-electron chi connectivity index (χ1n) is 23.5. The molecule has 26 heteroatoms. The van der Waals surface area contributed by atoms with E-state index in [1.165, 1.54) is 49.1 Å². The van der Waals surface area contributed by atoms with E-state index in [4.69, 9.17) is 72.1 Å². The number of hydrogen-bond acceptors (Lipinski definition) is 18. The second-order valence-corrected chi connectivity index (χ2v) is 18.7. The molecule has 12 rings (SSSR count). The lowest BCUT2D eigenvalue weighted by atomic mass is 9.80. The average Bonchev–Trinajstić information content (AvgIpc) is 3.91. The van der Waals surface area contributed by atoms with Gasteiger partial charge in [0.05, 0.1) is 56.2 Å². The van der Waals surface area contributed by atoms with Crippen molar-refractivity contribution in [1.29, 1.82) is 0 Å². The van der Waals surface area contributed by atoms with E-state index in [-0.39, 0.29) is 17.5 Å². The number of hydrogen-bond donors (Lipinski definition) is 6. The van der Waals surface area contributed by atoms with Gasteiger partial charge in [0.1, 0.15) is 27.7 Å². The molecule has 396 valence electrons. The van der Waals surface area contributed by atoms with Crippen LogP contribution in [0, 0.1) is 23.8 Å². The Morgan fingerprint density at radius 3 is 1.72 bits per heavy atom. The van der Waals surface area contributed by atoms with Crippen LogP contribution in [0.5, 0.6) is 23.0 Å². The molecular formula is C52H42B2BrClF4N10O8. The van der Waals surface area contributed by atoms with E-state index in [1.807, 2.05) is 24.3 Å². The Morgan fingerprint density at radius 1 is 0.551 bits per heavy atom. The zero-order valence-corrected chi connectivity index (χ0v) is 42.9. The van der Waals surface area contributed by atoms with E-state index in [0.717, 1.165) is 21.7 Å². The average molecular weight is 1150 g/mol. The van der Waals surface area contributed by atoms with Crippen molar-refractivity contribution in [2.45, 2.75) is 23.9 Å². The topological polar surface area (TPSA) is 272 Å². The summed E-state index contributed by atoms with van der Waals surface area (Å²) in [7, 11) is -3.41. The number of nitrogens with two attached hydrogens (primary N) is 2. The van der Waals surface area contributed by atoms with Crippen molar-refractivity contribution in [3.05, 3.63) is 190 Å². The van der Waals surface area contributed by atoms with Gasteiger partial charge in [-0.15, -0.1) is 0 Å². The van der Waals surface area contributed by atoms with Crippen molar-refractivity contribution in [1.82, 2.24) is 29.9 Å². The highest BCUT2D eigenvalue weighted by molar-refractivity contribution is 9.10. The number of nitrogens with zero attached hydrogens (tertiary/aromatic N) is 8. The van der Waals surface area contributed by atoms with Crippen molar-refractivity contribution in [3.8, 4) is 45.4 Å². The van der Waals surface area contributed by atoms with Crippen LogP contribution >= 0.6 is 27.5 Å². The van der Waals surface area contributed by atoms with E-state index in [9.17, 15) is 17.6 Å². The minimum atomic E-state index is -1.78. The van der Waals surface area contributed by atoms with Gasteiger partial charge in [0.25, 0.3) is 0 Å². The van der Waals surface area contributed by atoms with Crippen LogP contribution in [-0.4, -0.2) is 102 Å². The number of amidine groups is 2. The lowest BCUT2D eigenvalue weighted by Crippen LogP contribution is -2.35. The molecule has 0 fully saturated rings. The number of fused-ring (bicyclic) bond motifs is 8. The van der Waals surface area contributed by atoms with Gasteiger partial charge in [-0.25, -0.2) is 24.9 Å². The van der Waals surface area contributed by atoms with Crippen LogP contribution < -0.4 is 31.9 Å². The zero-order valence-electron chi connectivity index (χ0n) is 40.5. The van der Waals surface area contributed by atoms with Crippen molar-refractivity contribution < 1.29 is 56.6 Å². The molecule has 8 N–H and O–H groups in total. The maximum atomic E-state index is 14.5. The second kappa shape index (κ2) is 23.9. The third-order valence-electron chi connectivity index (χ3n) is 12.3. The van der Waals surface area contributed by atoms with Crippen molar-refractivity contribution in [2.24, 2.45) is 21.5 Å². The molecule has 2 atom stereocenters. The Morgan fingerprint density at radius 2 is 1.13 bits per heavy atom. The summed E-state index contributed by atoms with van der Waals surface area (Å²) in [6.45, 7) is 1.50. The largest absolute Gasteiger partial charge is 0.493 e. The minimum Gasteiger partial charge on any atom is -0.455 e. The predicted octanol–water partition coefficient (Wildman–Crippen LogP) is 6.04. The van der Waals surface area contributed by atoms with E-state index in [2.05, 4.69) is 45.8 Å². The fourth-order valence-electron chi connectivity index (χ4n) is 8.72. The van der Waals surface area contributed by atoms with Gasteiger partial charge in [-0.1, -0.05) is 39.7 Å². The lowest BCUT2D eigenvalue weighted by Gasteiger charge is -2.36. The molecule has 4 aliphatic heterocycles. The molecule has 4 aliphatic rings. The third-order valence-corrected chi connectivity index (χ3v) is 13.0. The SMILES string of the molecule is NC1=NC2(COCC1)c1cc(-c3cccnc3F)ccc1Oc1cnc(-c3ccnc(F)c3)cc12.NC1=NC2(COCC1)c1cc(Br)ccc1Oc1cnc(Cl)cc12.OB(O)c1cccnc1F.OB(O)c1ccnc(F)c1. The summed E-state index contributed by atoms with van der Waals surface area (Å²) in [5.41, 5.74) is 15.5. The number of aromatic nitrogens is 6. The maximum absolute atomic E-state index is 14.5. The van der Waals surface area contributed by atoms with Crippen LogP contribution in [0.4, 0.5) is 17.6 Å². The smallest absolute Gasteiger partial charge is 0.455 e. The zero-order chi connectivity index (χ0) is 55.1. The molecule has 10 heterocycles. The molecule has 2 spiro atoms.